The molecule has 0 saturated carbocycles. The van der Waals surface area contributed by atoms with Crippen LogP contribution in [0.15, 0.2) is 30.3 Å². The van der Waals surface area contributed by atoms with Crippen LogP contribution >= 0.6 is 0 Å². The van der Waals surface area contributed by atoms with Crippen LogP contribution in [-0.2, 0) is 14.3 Å². The highest BCUT2D eigenvalue weighted by Crippen LogP contribution is 2.25. The van der Waals surface area contributed by atoms with E-state index in [4.69, 9.17) is 9.47 Å². The summed E-state index contributed by atoms with van der Waals surface area (Å²) in [6, 6.07) is 10.6. The number of benzene rings is 1. The van der Waals surface area contributed by atoms with Gasteiger partial charge >= 0.3 is 0 Å². The highest BCUT2D eigenvalue weighted by atomic mass is 16.5. The quantitative estimate of drug-likeness (QED) is 0.838. The van der Waals surface area contributed by atoms with Crippen LogP contribution in [0.1, 0.15) is 44.2 Å². The van der Waals surface area contributed by atoms with Crippen LogP contribution in [0, 0.1) is 0 Å². The van der Waals surface area contributed by atoms with Gasteiger partial charge in [0.1, 0.15) is 6.10 Å². The van der Waals surface area contributed by atoms with Crippen molar-refractivity contribution in [1.29, 1.82) is 0 Å². The molecule has 1 aromatic carbocycles. The van der Waals surface area contributed by atoms with Crippen molar-refractivity contribution in [3.05, 3.63) is 35.9 Å². The van der Waals surface area contributed by atoms with Gasteiger partial charge in [0.2, 0.25) is 5.91 Å². The monoisotopic (exact) mass is 332 g/mol. The van der Waals surface area contributed by atoms with Crippen LogP contribution in [-0.4, -0.2) is 43.9 Å². The lowest BCUT2D eigenvalue weighted by atomic mass is 9.88. The first-order chi connectivity index (χ1) is 11.7. The van der Waals surface area contributed by atoms with Crippen molar-refractivity contribution in [2.75, 3.05) is 26.4 Å². The second-order valence-corrected chi connectivity index (χ2v) is 6.89. The molecule has 2 atom stereocenters. The zero-order valence-electron chi connectivity index (χ0n) is 14.4. The number of nitrogens with one attached hydrogen (secondary N) is 2. The van der Waals surface area contributed by atoms with Gasteiger partial charge in [-0.1, -0.05) is 30.3 Å². The van der Waals surface area contributed by atoms with Gasteiger partial charge in [-0.2, -0.15) is 0 Å². The van der Waals surface area contributed by atoms with Gasteiger partial charge in [0.05, 0.1) is 0 Å². The fourth-order valence-corrected chi connectivity index (χ4v) is 3.57. The summed E-state index contributed by atoms with van der Waals surface area (Å²) in [6.45, 7) is 4.94. The van der Waals surface area contributed by atoms with E-state index < -0.39 is 0 Å². The minimum absolute atomic E-state index is 0.0209. The Labute approximate surface area is 144 Å². The number of carbonyl (C=O) groups is 1. The summed E-state index contributed by atoms with van der Waals surface area (Å²) < 4.78 is 11.0. The summed E-state index contributed by atoms with van der Waals surface area (Å²) in [5.74, 6) is 0.0209. The van der Waals surface area contributed by atoms with Gasteiger partial charge in [0.15, 0.2) is 0 Å². The highest BCUT2D eigenvalue weighted by molar-refractivity contribution is 5.81. The normalized spacial score (nSPS) is 24.5. The SMILES string of the molecule is CC(NC1(CNC(=O)C2CCCO2)CCOCC1)c1ccccc1. The lowest BCUT2D eigenvalue weighted by Crippen LogP contribution is -2.57. The lowest BCUT2D eigenvalue weighted by Gasteiger charge is -2.40. The third-order valence-electron chi connectivity index (χ3n) is 5.10. The Kier molecular flexibility index (Phi) is 5.87. The molecule has 2 saturated heterocycles. The average Bonchev–Trinajstić information content (AvgIpc) is 3.16. The third kappa shape index (κ3) is 4.35. The van der Waals surface area contributed by atoms with E-state index in [0.29, 0.717) is 13.2 Å². The number of hydrogen-bond acceptors (Lipinski definition) is 4. The number of ether oxygens (including phenoxy) is 2. The standard InChI is InChI=1S/C19H28N2O3/c1-15(16-6-3-2-4-7-16)21-19(9-12-23-13-10-19)14-20-18(22)17-8-5-11-24-17/h2-4,6-7,15,17,21H,5,8-14H2,1H3,(H,20,22). The van der Waals surface area contributed by atoms with E-state index in [1.54, 1.807) is 0 Å². The molecule has 0 spiro atoms. The average molecular weight is 332 g/mol. The van der Waals surface area contributed by atoms with Crippen LogP contribution < -0.4 is 10.6 Å². The first kappa shape index (κ1) is 17.4. The largest absolute Gasteiger partial charge is 0.381 e. The topological polar surface area (TPSA) is 59.6 Å². The Morgan fingerprint density at radius 2 is 2.00 bits per heavy atom. The highest BCUT2D eigenvalue weighted by Gasteiger charge is 2.35. The van der Waals surface area contributed by atoms with Crippen molar-refractivity contribution in [3.63, 3.8) is 0 Å². The predicted molar refractivity (Wildman–Crippen MR) is 92.8 cm³/mol. The molecule has 1 aromatic rings. The zero-order valence-corrected chi connectivity index (χ0v) is 14.4. The maximum atomic E-state index is 12.3. The van der Waals surface area contributed by atoms with Gasteiger partial charge in [-0.05, 0) is 38.2 Å². The molecule has 2 unspecified atom stereocenters. The fraction of sp³-hybridized carbons (Fsp3) is 0.632. The molecule has 24 heavy (non-hydrogen) atoms. The van der Waals surface area contributed by atoms with Crippen LogP contribution in [0.25, 0.3) is 0 Å². The number of carbonyl (C=O) groups excluding carboxylic acids is 1. The number of hydrogen-bond donors (Lipinski definition) is 2. The van der Waals surface area contributed by atoms with Crippen molar-refractivity contribution in [2.24, 2.45) is 0 Å². The number of rotatable bonds is 6. The first-order valence-corrected chi connectivity index (χ1v) is 8.98. The van der Waals surface area contributed by atoms with Crippen molar-refractivity contribution in [3.8, 4) is 0 Å². The Balaban J connectivity index is 1.62. The maximum Gasteiger partial charge on any atom is 0.249 e. The minimum Gasteiger partial charge on any atom is -0.381 e. The molecular formula is C19H28N2O3. The van der Waals surface area contributed by atoms with E-state index in [9.17, 15) is 4.79 Å². The third-order valence-corrected chi connectivity index (χ3v) is 5.10. The predicted octanol–water partition coefficient (Wildman–Crippen LogP) is 2.18. The second-order valence-electron chi connectivity index (χ2n) is 6.89. The van der Waals surface area contributed by atoms with Crippen molar-refractivity contribution >= 4 is 5.91 Å². The summed E-state index contributed by atoms with van der Waals surface area (Å²) in [6.07, 6.45) is 3.33. The van der Waals surface area contributed by atoms with Gasteiger partial charge in [0.25, 0.3) is 0 Å². The molecule has 2 aliphatic rings. The van der Waals surface area contributed by atoms with E-state index in [1.807, 2.05) is 6.07 Å². The summed E-state index contributed by atoms with van der Waals surface area (Å²) >= 11 is 0. The van der Waals surface area contributed by atoms with Crippen molar-refractivity contribution in [1.82, 2.24) is 10.6 Å². The Bertz CT molecular complexity index is 523. The molecule has 2 heterocycles. The van der Waals surface area contributed by atoms with E-state index in [-0.39, 0.29) is 23.6 Å². The summed E-state index contributed by atoms with van der Waals surface area (Å²) in [5.41, 5.74) is 1.13. The lowest BCUT2D eigenvalue weighted by molar-refractivity contribution is -0.130. The molecule has 0 aromatic heterocycles. The van der Waals surface area contributed by atoms with E-state index in [0.717, 1.165) is 38.9 Å². The molecule has 1 amide bonds. The van der Waals surface area contributed by atoms with Crippen LogP contribution in [0.4, 0.5) is 0 Å². The Morgan fingerprint density at radius 3 is 2.67 bits per heavy atom. The van der Waals surface area contributed by atoms with E-state index in [1.165, 1.54) is 5.56 Å². The zero-order chi connectivity index (χ0) is 16.8. The van der Waals surface area contributed by atoms with Gasteiger partial charge in [-0.25, -0.2) is 0 Å². The van der Waals surface area contributed by atoms with Crippen molar-refractivity contribution < 1.29 is 14.3 Å². The molecule has 5 nitrogen and oxygen atoms in total. The minimum atomic E-state index is -0.270. The maximum absolute atomic E-state index is 12.3. The molecule has 0 bridgehead atoms. The molecule has 5 heteroatoms. The smallest absolute Gasteiger partial charge is 0.249 e. The fourth-order valence-electron chi connectivity index (χ4n) is 3.57. The van der Waals surface area contributed by atoms with Crippen LogP contribution in [0.5, 0.6) is 0 Å². The Morgan fingerprint density at radius 1 is 1.25 bits per heavy atom. The molecule has 2 aliphatic heterocycles. The van der Waals surface area contributed by atoms with Gasteiger partial charge in [-0.15, -0.1) is 0 Å². The van der Waals surface area contributed by atoms with Gasteiger partial charge in [0, 0.05) is 37.9 Å². The summed E-state index contributed by atoms with van der Waals surface area (Å²) in [4.78, 5) is 12.3. The summed E-state index contributed by atoms with van der Waals surface area (Å²) in [7, 11) is 0. The van der Waals surface area contributed by atoms with Crippen LogP contribution in [0.3, 0.4) is 0 Å². The van der Waals surface area contributed by atoms with Gasteiger partial charge in [-0.3, -0.25) is 4.79 Å². The number of amides is 1. The second kappa shape index (κ2) is 8.10. The molecule has 3 rings (SSSR count). The Hall–Kier alpha value is -1.43. The molecule has 0 radical (unpaired) electrons. The van der Waals surface area contributed by atoms with Gasteiger partial charge < -0.3 is 20.1 Å². The van der Waals surface area contributed by atoms with E-state index in [2.05, 4.69) is 41.8 Å². The van der Waals surface area contributed by atoms with Crippen molar-refractivity contribution in [2.45, 2.75) is 50.3 Å². The molecule has 2 fully saturated rings. The molecule has 0 aliphatic carbocycles. The first-order valence-electron chi connectivity index (χ1n) is 8.98. The molecule has 132 valence electrons. The van der Waals surface area contributed by atoms with E-state index >= 15 is 0 Å². The van der Waals surface area contributed by atoms with Crippen LogP contribution in [0.2, 0.25) is 0 Å². The molecule has 2 N–H and O–H groups in total. The summed E-state index contributed by atoms with van der Waals surface area (Å²) in [5, 5.41) is 6.87. The molecular weight excluding hydrogens is 304 g/mol.